The highest BCUT2D eigenvalue weighted by Crippen LogP contribution is 2.13. The van der Waals surface area contributed by atoms with Crippen LogP contribution < -0.4 is 10.6 Å². The molecule has 2 aromatic rings. The molecule has 0 atom stereocenters. The summed E-state index contributed by atoms with van der Waals surface area (Å²) >= 11 is 0. The molecule has 104 valence electrons. The maximum atomic E-state index is 11.9. The van der Waals surface area contributed by atoms with E-state index in [0.29, 0.717) is 11.3 Å². The Labute approximate surface area is 117 Å². The monoisotopic (exact) mass is 272 g/mol. The van der Waals surface area contributed by atoms with E-state index in [1.165, 1.54) is 6.26 Å². The summed E-state index contributed by atoms with van der Waals surface area (Å²) in [6, 6.07) is 10.0. The van der Waals surface area contributed by atoms with Gasteiger partial charge in [0, 0.05) is 17.3 Å². The Morgan fingerprint density at radius 3 is 2.55 bits per heavy atom. The largest absolute Gasteiger partial charge is 0.459 e. The fourth-order valence-corrected chi connectivity index (χ4v) is 1.68. The van der Waals surface area contributed by atoms with Gasteiger partial charge in [-0.25, -0.2) is 0 Å². The molecule has 5 nitrogen and oxygen atoms in total. The zero-order chi connectivity index (χ0) is 14.5. The van der Waals surface area contributed by atoms with E-state index < -0.39 is 0 Å². The summed E-state index contributed by atoms with van der Waals surface area (Å²) in [7, 11) is 0. The second kappa shape index (κ2) is 6.06. The summed E-state index contributed by atoms with van der Waals surface area (Å²) in [6.45, 7) is 3.78. The average Bonchev–Trinajstić information content (AvgIpc) is 2.92. The van der Waals surface area contributed by atoms with E-state index >= 15 is 0 Å². The van der Waals surface area contributed by atoms with E-state index in [1.807, 2.05) is 13.8 Å². The van der Waals surface area contributed by atoms with Gasteiger partial charge in [-0.3, -0.25) is 9.59 Å². The molecule has 20 heavy (non-hydrogen) atoms. The lowest BCUT2D eigenvalue weighted by Gasteiger charge is -2.09. The van der Waals surface area contributed by atoms with Crippen molar-refractivity contribution in [1.82, 2.24) is 5.32 Å². The quantitative estimate of drug-likeness (QED) is 0.898. The van der Waals surface area contributed by atoms with E-state index in [-0.39, 0.29) is 23.6 Å². The molecule has 2 N–H and O–H groups in total. The number of hydrogen-bond acceptors (Lipinski definition) is 3. The van der Waals surface area contributed by atoms with Gasteiger partial charge in [0.05, 0.1) is 6.26 Å². The van der Waals surface area contributed by atoms with Crippen molar-refractivity contribution in [2.24, 2.45) is 0 Å². The first kappa shape index (κ1) is 13.9. The van der Waals surface area contributed by atoms with Crippen LogP contribution in [0.4, 0.5) is 5.69 Å². The van der Waals surface area contributed by atoms with E-state index in [0.717, 1.165) is 0 Å². The Hall–Kier alpha value is -2.56. The minimum atomic E-state index is -0.351. The van der Waals surface area contributed by atoms with Crippen LogP contribution in [-0.2, 0) is 0 Å². The minimum absolute atomic E-state index is 0.0591. The van der Waals surface area contributed by atoms with Gasteiger partial charge in [-0.15, -0.1) is 0 Å². The molecule has 0 aliphatic rings. The zero-order valence-electron chi connectivity index (χ0n) is 11.3. The number of rotatable bonds is 4. The Kier molecular flexibility index (Phi) is 4.20. The van der Waals surface area contributed by atoms with Gasteiger partial charge in [0.1, 0.15) is 0 Å². The lowest BCUT2D eigenvalue weighted by Crippen LogP contribution is -2.30. The lowest BCUT2D eigenvalue weighted by atomic mass is 10.1. The number of hydrogen-bond donors (Lipinski definition) is 2. The van der Waals surface area contributed by atoms with Crippen molar-refractivity contribution >= 4 is 17.5 Å². The number of benzene rings is 1. The molecule has 0 radical (unpaired) electrons. The minimum Gasteiger partial charge on any atom is -0.459 e. The van der Waals surface area contributed by atoms with Gasteiger partial charge in [0.25, 0.3) is 11.8 Å². The first-order valence-electron chi connectivity index (χ1n) is 6.32. The molecule has 2 amide bonds. The highest BCUT2D eigenvalue weighted by atomic mass is 16.3. The summed E-state index contributed by atoms with van der Waals surface area (Å²) in [5.74, 6) is -0.299. The van der Waals surface area contributed by atoms with E-state index in [2.05, 4.69) is 10.6 Å². The van der Waals surface area contributed by atoms with Crippen LogP contribution in [0.5, 0.6) is 0 Å². The fourth-order valence-electron chi connectivity index (χ4n) is 1.68. The van der Waals surface area contributed by atoms with Crippen LogP contribution >= 0.6 is 0 Å². The van der Waals surface area contributed by atoms with E-state index in [9.17, 15) is 9.59 Å². The van der Waals surface area contributed by atoms with Crippen LogP contribution in [0.2, 0.25) is 0 Å². The molecule has 0 aliphatic heterocycles. The third kappa shape index (κ3) is 3.47. The molecule has 0 spiro atoms. The topological polar surface area (TPSA) is 71.3 Å². The zero-order valence-corrected chi connectivity index (χ0v) is 11.3. The van der Waals surface area contributed by atoms with E-state index in [1.54, 1.807) is 36.4 Å². The van der Waals surface area contributed by atoms with Crippen LogP contribution in [0.1, 0.15) is 34.8 Å². The highest BCUT2D eigenvalue weighted by Gasteiger charge is 2.11. The molecule has 1 aromatic carbocycles. The van der Waals surface area contributed by atoms with Crippen molar-refractivity contribution in [1.29, 1.82) is 0 Å². The number of anilines is 1. The average molecular weight is 272 g/mol. The lowest BCUT2D eigenvalue weighted by molar-refractivity contribution is 0.0941. The molecule has 0 saturated heterocycles. The maximum absolute atomic E-state index is 11.9. The molecule has 0 bridgehead atoms. The Bertz CT molecular complexity index is 603. The van der Waals surface area contributed by atoms with E-state index in [4.69, 9.17) is 4.42 Å². The van der Waals surface area contributed by atoms with Gasteiger partial charge in [-0.2, -0.15) is 0 Å². The second-order valence-corrected chi connectivity index (χ2v) is 4.64. The molecule has 0 saturated carbocycles. The standard InChI is InChI=1S/C15H16N2O3/c1-10(2)16-14(18)11-5-3-6-12(9-11)17-15(19)13-7-4-8-20-13/h3-10H,1-2H3,(H,16,18)(H,17,19). The van der Waals surface area contributed by atoms with Crippen molar-refractivity contribution in [3.05, 3.63) is 54.0 Å². The smallest absolute Gasteiger partial charge is 0.291 e. The predicted octanol–water partition coefficient (Wildman–Crippen LogP) is 2.67. The third-order valence-electron chi connectivity index (χ3n) is 2.55. The summed E-state index contributed by atoms with van der Waals surface area (Å²) in [5, 5.41) is 5.48. The van der Waals surface area contributed by atoms with Crippen molar-refractivity contribution in [3.63, 3.8) is 0 Å². The fraction of sp³-hybridized carbons (Fsp3) is 0.200. The summed E-state index contributed by atoms with van der Waals surface area (Å²) in [6.07, 6.45) is 1.43. The van der Waals surface area contributed by atoms with Gasteiger partial charge in [-0.05, 0) is 44.2 Å². The Morgan fingerprint density at radius 1 is 1.10 bits per heavy atom. The third-order valence-corrected chi connectivity index (χ3v) is 2.55. The number of carbonyl (C=O) groups is 2. The highest BCUT2D eigenvalue weighted by molar-refractivity contribution is 6.03. The van der Waals surface area contributed by atoms with Crippen molar-refractivity contribution in [2.75, 3.05) is 5.32 Å². The van der Waals surface area contributed by atoms with Crippen LogP contribution in [0.15, 0.2) is 47.1 Å². The second-order valence-electron chi connectivity index (χ2n) is 4.64. The molecule has 0 fully saturated rings. The van der Waals surface area contributed by atoms with Crippen molar-refractivity contribution in [3.8, 4) is 0 Å². The van der Waals surface area contributed by atoms with Gasteiger partial charge in [-0.1, -0.05) is 6.07 Å². The molecular formula is C15H16N2O3. The van der Waals surface area contributed by atoms with Crippen LogP contribution in [0.3, 0.4) is 0 Å². The molecule has 2 rings (SSSR count). The van der Waals surface area contributed by atoms with Crippen molar-refractivity contribution < 1.29 is 14.0 Å². The van der Waals surface area contributed by atoms with Gasteiger partial charge in [0.15, 0.2) is 5.76 Å². The maximum Gasteiger partial charge on any atom is 0.291 e. The van der Waals surface area contributed by atoms with Crippen LogP contribution in [0, 0.1) is 0 Å². The number of furan rings is 1. The molecular weight excluding hydrogens is 256 g/mol. The molecule has 1 aromatic heterocycles. The first-order chi connectivity index (χ1) is 9.56. The molecule has 0 unspecified atom stereocenters. The van der Waals surface area contributed by atoms with Gasteiger partial charge >= 0.3 is 0 Å². The normalized spacial score (nSPS) is 10.3. The Balaban J connectivity index is 2.10. The molecule has 0 aliphatic carbocycles. The number of nitrogens with one attached hydrogen (secondary N) is 2. The van der Waals surface area contributed by atoms with Crippen LogP contribution in [-0.4, -0.2) is 17.9 Å². The van der Waals surface area contributed by atoms with Gasteiger partial charge < -0.3 is 15.1 Å². The number of carbonyl (C=O) groups excluding carboxylic acids is 2. The summed E-state index contributed by atoms with van der Waals surface area (Å²) in [5.41, 5.74) is 1.04. The SMILES string of the molecule is CC(C)NC(=O)c1cccc(NC(=O)c2ccco2)c1. The molecule has 1 heterocycles. The molecule has 5 heteroatoms. The van der Waals surface area contributed by atoms with Crippen molar-refractivity contribution in [2.45, 2.75) is 19.9 Å². The summed E-state index contributed by atoms with van der Waals surface area (Å²) in [4.78, 5) is 23.7. The Morgan fingerprint density at radius 2 is 1.90 bits per heavy atom. The van der Waals surface area contributed by atoms with Gasteiger partial charge in [0.2, 0.25) is 0 Å². The van der Waals surface area contributed by atoms with Crippen LogP contribution in [0.25, 0.3) is 0 Å². The summed E-state index contributed by atoms with van der Waals surface area (Å²) < 4.78 is 5.01. The predicted molar refractivity (Wildman–Crippen MR) is 75.7 cm³/mol. The number of amides is 2. The first-order valence-corrected chi connectivity index (χ1v) is 6.32.